The van der Waals surface area contributed by atoms with Crippen molar-refractivity contribution in [2.24, 2.45) is 0 Å². The number of ether oxygens (including phenoxy) is 1. The molecule has 0 radical (unpaired) electrons. The summed E-state index contributed by atoms with van der Waals surface area (Å²) in [5.74, 6) is 0.967. The Labute approximate surface area is 108 Å². The highest BCUT2D eigenvalue weighted by Crippen LogP contribution is 2.25. The summed E-state index contributed by atoms with van der Waals surface area (Å²) in [4.78, 5) is 2.26. The molecular weight excluding hydrogens is 222 g/mol. The first-order valence-corrected chi connectivity index (χ1v) is 6.32. The summed E-state index contributed by atoms with van der Waals surface area (Å²) in [5, 5.41) is 0. The normalized spacial score (nSPS) is 16.3. The number of likely N-dealkylation sites (N-methyl/N-ethyl adjacent to an activating group) is 1. The third kappa shape index (κ3) is 2.39. The molecule has 18 heavy (non-hydrogen) atoms. The van der Waals surface area contributed by atoms with Crippen LogP contribution in [0.4, 0.5) is 0 Å². The van der Waals surface area contributed by atoms with E-state index in [0.717, 1.165) is 18.8 Å². The van der Waals surface area contributed by atoms with Crippen molar-refractivity contribution in [3.63, 3.8) is 0 Å². The van der Waals surface area contributed by atoms with E-state index in [4.69, 9.17) is 4.74 Å². The smallest absolute Gasteiger partial charge is 0.124 e. The molecule has 3 rings (SSSR count). The maximum atomic E-state index is 5.94. The number of benzene rings is 2. The van der Waals surface area contributed by atoms with Crippen LogP contribution in [0.3, 0.4) is 0 Å². The van der Waals surface area contributed by atoms with Crippen LogP contribution >= 0.6 is 0 Å². The van der Waals surface area contributed by atoms with Crippen molar-refractivity contribution in [2.75, 3.05) is 20.1 Å². The minimum atomic E-state index is 0.348. The molecule has 2 heteroatoms. The summed E-state index contributed by atoms with van der Waals surface area (Å²) in [6.07, 6.45) is 0.348. The molecule has 0 spiro atoms. The van der Waals surface area contributed by atoms with Gasteiger partial charge in [-0.3, -0.25) is 4.90 Å². The van der Waals surface area contributed by atoms with E-state index < -0.39 is 0 Å². The van der Waals surface area contributed by atoms with Gasteiger partial charge in [0.25, 0.3) is 0 Å². The van der Waals surface area contributed by atoms with E-state index in [1.54, 1.807) is 0 Å². The minimum Gasteiger partial charge on any atom is -0.488 e. The van der Waals surface area contributed by atoms with E-state index in [0.29, 0.717) is 6.10 Å². The van der Waals surface area contributed by atoms with Crippen LogP contribution in [0.15, 0.2) is 54.6 Å². The molecule has 0 N–H and O–H groups in total. The van der Waals surface area contributed by atoms with Crippen LogP contribution in [-0.2, 0) is 0 Å². The predicted molar refractivity (Wildman–Crippen MR) is 73.8 cm³/mol. The van der Waals surface area contributed by atoms with E-state index in [1.165, 1.54) is 11.1 Å². The monoisotopic (exact) mass is 239 g/mol. The molecule has 0 saturated carbocycles. The van der Waals surface area contributed by atoms with Crippen molar-refractivity contribution in [3.05, 3.63) is 54.6 Å². The first kappa shape index (κ1) is 11.3. The van der Waals surface area contributed by atoms with E-state index in [2.05, 4.69) is 54.4 Å². The number of nitrogens with zero attached hydrogens (tertiary/aromatic N) is 1. The van der Waals surface area contributed by atoms with Gasteiger partial charge in [-0.25, -0.2) is 0 Å². The van der Waals surface area contributed by atoms with Crippen LogP contribution in [0.1, 0.15) is 0 Å². The maximum Gasteiger partial charge on any atom is 0.124 e. The molecule has 0 aromatic heterocycles. The Morgan fingerprint density at radius 2 is 1.67 bits per heavy atom. The van der Waals surface area contributed by atoms with Gasteiger partial charge in [0.15, 0.2) is 0 Å². The molecule has 1 heterocycles. The second kappa shape index (κ2) is 4.83. The lowest BCUT2D eigenvalue weighted by Gasteiger charge is -2.36. The molecule has 1 fully saturated rings. The molecule has 0 amide bonds. The lowest BCUT2D eigenvalue weighted by molar-refractivity contribution is 0.0389. The summed E-state index contributed by atoms with van der Waals surface area (Å²) in [5.41, 5.74) is 2.44. The SMILES string of the molecule is CN1CC(Oc2cccc(-c3ccccc3)c2)C1. The topological polar surface area (TPSA) is 12.5 Å². The van der Waals surface area contributed by atoms with Crippen molar-refractivity contribution in [1.29, 1.82) is 0 Å². The molecule has 1 aliphatic heterocycles. The van der Waals surface area contributed by atoms with Crippen LogP contribution in [0.5, 0.6) is 5.75 Å². The van der Waals surface area contributed by atoms with Crippen LogP contribution in [0.25, 0.3) is 11.1 Å². The quantitative estimate of drug-likeness (QED) is 0.816. The van der Waals surface area contributed by atoms with Gasteiger partial charge in [0.05, 0.1) is 0 Å². The number of likely N-dealkylation sites (tertiary alicyclic amines) is 1. The first-order chi connectivity index (χ1) is 8.81. The molecule has 2 aromatic rings. The van der Waals surface area contributed by atoms with E-state index >= 15 is 0 Å². The second-order valence-electron chi connectivity index (χ2n) is 4.85. The third-order valence-electron chi connectivity index (χ3n) is 3.27. The highest BCUT2D eigenvalue weighted by atomic mass is 16.5. The van der Waals surface area contributed by atoms with E-state index in [9.17, 15) is 0 Å². The summed E-state index contributed by atoms with van der Waals surface area (Å²) >= 11 is 0. The zero-order valence-electron chi connectivity index (χ0n) is 10.5. The zero-order chi connectivity index (χ0) is 12.4. The van der Waals surface area contributed by atoms with E-state index in [1.807, 2.05) is 12.1 Å². The van der Waals surface area contributed by atoms with E-state index in [-0.39, 0.29) is 0 Å². The fraction of sp³-hybridized carbons (Fsp3) is 0.250. The third-order valence-corrected chi connectivity index (χ3v) is 3.27. The van der Waals surface area contributed by atoms with Crippen molar-refractivity contribution in [1.82, 2.24) is 4.90 Å². The Balaban J connectivity index is 1.77. The lowest BCUT2D eigenvalue weighted by atomic mass is 10.1. The van der Waals surface area contributed by atoms with Gasteiger partial charge in [0.1, 0.15) is 11.9 Å². The highest BCUT2D eigenvalue weighted by molar-refractivity contribution is 5.64. The van der Waals surface area contributed by atoms with Crippen LogP contribution < -0.4 is 4.74 Å². The standard InChI is InChI=1S/C16H17NO/c1-17-11-16(12-17)18-15-9-5-8-14(10-15)13-6-3-2-4-7-13/h2-10,16H,11-12H2,1H3. The van der Waals surface area contributed by atoms with Crippen molar-refractivity contribution in [2.45, 2.75) is 6.10 Å². The second-order valence-corrected chi connectivity index (χ2v) is 4.85. The summed E-state index contributed by atoms with van der Waals surface area (Å²) < 4.78 is 5.94. The molecule has 0 bridgehead atoms. The Bertz CT molecular complexity index is 518. The molecular formula is C16H17NO. The fourth-order valence-electron chi connectivity index (χ4n) is 2.29. The number of rotatable bonds is 3. The minimum absolute atomic E-state index is 0.348. The summed E-state index contributed by atoms with van der Waals surface area (Å²) in [7, 11) is 2.11. The maximum absolute atomic E-state index is 5.94. The molecule has 92 valence electrons. The van der Waals surface area contributed by atoms with Gasteiger partial charge >= 0.3 is 0 Å². The molecule has 0 atom stereocenters. The zero-order valence-corrected chi connectivity index (χ0v) is 10.5. The van der Waals surface area contributed by atoms with Gasteiger partial charge in [-0.2, -0.15) is 0 Å². The molecule has 2 nitrogen and oxygen atoms in total. The van der Waals surface area contributed by atoms with Gasteiger partial charge in [0.2, 0.25) is 0 Å². The molecule has 0 unspecified atom stereocenters. The van der Waals surface area contributed by atoms with Crippen LogP contribution in [-0.4, -0.2) is 31.1 Å². The largest absolute Gasteiger partial charge is 0.488 e. The first-order valence-electron chi connectivity index (χ1n) is 6.32. The van der Waals surface area contributed by atoms with Crippen LogP contribution in [0, 0.1) is 0 Å². The number of hydrogen-bond donors (Lipinski definition) is 0. The van der Waals surface area contributed by atoms with Crippen molar-refractivity contribution >= 4 is 0 Å². The Morgan fingerprint density at radius 3 is 2.39 bits per heavy atom. The molecule has 1 aliphatic rings. The number of hydrogen-bond acceptors (Lipinski definition) is 2. The van der Waals surface area contributed by atoms with Crippen LogP contribution in [0.2, 0.25) is 0 Å². The van der Waals surface area contributed by atoms with Gasteiger partial charge < -0.3 is 4.74 Å². The average molecular weight is 239 g/mol. The Hall–Kier alpha value is -1.80. The lowest BCUT2D eigenvalue weighted by Crippen LogP contribution is -2.51. The van der Waals surface area contributed by atoms with Gasteiger partial charge in [0, 0.05) is 13.1 Å². The molecule has 1 saturated heterocycles. The summed E-state index contributed by atoms with van der Waals surface area (Å²) in [6, 6.07) is 18.7. The highest BCUT2D eigenvalue weighted by Gasteiger charge is 2.24. The fourth-order valence-corrected chi connectivity index (χ4v) is 2.29. The average Bonchev–Trinajstić information content (AvgIpc) is 2.38. The molecule has 0 aliphatic carbocycles. The van der Waals surface area contributed by atoms with Crippen molar-refractivity contribution in [3.8, 4) is 16.9 Å². The predicted octanol–water partition coefficient (Wildman–Crippen LogP) is 3.05. The summed E-state index contributed by atoms with van der Waals surface area (Å²) in [6.45, 7) is 2.05. The molecule has 2 aromatic carbocycles. The van der Waals surface area contributed by atoms with Gasteiger partial charge in [-0.15, -0.1) is 0 Å². The van der Waals surface area contributed by atoms with Crippen molar-refractivity contribution < 1.29 is 4.74 Å². The van der Waals surface area contributed by atoms with Gasteiger partial charge in [-0.05, 0) is 30.3 Å². The Morgan fingerprint density at radius 1 is 0.944 bits per heavy atom. The Kier molecular flexibility index (Phi) is 3.03. The van der Waals surface area contributed by atoms with Gasteiger partial charge in [-0.1, -0.05) is 42.5 Å².